The maximum absolute atomic E-state index is 12.1. The summed E-state index contributed by atoms with van der Waals surface area (Å²) in [5.41, 5.74) is 3.23. The molecule has 0 unspecified atom stereocenters. The number of hydrogen-bond acceptors (Lipinski definition) is 3. The van der Waals surface area contributed by atoms with E-state index in [1.165, 1.54) is 0 Å². The Morgan fingerprint density at radius 2 is 1.88 bits per heavy atom. The van der Waals surface area contributed by atoms with Gasteiger partial charge < -0.3 is 15.4 Å². The van der Waals surface area contributed by atoms with E-state index in [0.717, 1.165) is 24.0 Å². The fourth-order valence-electron chi connectivity index (χ4n) is 2.52. The standard InChI is InChI=1S/C21H26N2O3/c1-4-5-11-22-21(25)17-7-6-8-18(13-17)23-20(24)14-26-19-10-9-15(2)12-16(19)3/h6-10,12-13H,4-5,11,14H2,1-3H3,(H,22,25)(H,23,24). The topological polar surface area (TPSA) is 67.4 Å². The first-order valence-corrected chi connectivity index (χ1v) is 8.87. The van der Waals surface area contributed by atoms with Gasteiger partial charge in [-0.15, -0.1) is 0 Å². The maximum Gasteiger partial charge on any atom is 0.262 e. The molecular formula is C21H26N2O3. The summed E-state index contributed by atoms with van der Waals surface area (Å²) >= 11 is 0. The van der Waals surface area contributed by atoms with Gasteiger partial charge in [0, 0.05) is 17.8 Å². The zero-order chi connectivity index (χ0) is 18.9. The minimum absolute atomic E-state index is 0.0865. The molecule has 2 aromatic carbocycles. The number of anilines is 1. The van der Waals surface area contributed by atoms with Gasteiger partial charge in [-0.3, -0.25) is 9.59 Å². The van der Waals surface area contributed by atoms with E-state index in [2.05, 4.69) is 17.6 Å². The second-order valence-corrected chi connectivity index (χ2v) is 6.30. The molecule has 0 saturated carbocycles. The Morgan fingerprint density at radius 1 is 1.08 bits per heavy atom. The highest BCUT2D eigenvalue weighted by Gasteiger charge is 2.09. The molecule has 0 aliphatic carbocycles. The molecule has 0 aromatic heterocycles. The van der Waals surface area contributed by atoms with E-state index in [9.17, 15) is 9.59 Å². The van der Waals surface area contributed by atoms with Crippen molar-refractivity contribution in [3.63, 3.8) is 0 Å². The van der Waals surface area contributed by atoms with Gasteiger partial charge in [0.25, 0.3) is 11.8 Å². The van der Waals surface area contributed by atoms with Crippen LogP contribution in [0.5, 0.6) is 5.75 Å². The molecule has 5 nitrogen and oxygen atoms in total. The van der Waals surface area contributed by atoms with Crippen LogP contribution in [0.25, 0.3) is 0 Å². The fourth-order valence-corrected chi connectivity index (χ4v) is 2.52. The number of carbonyl (C=O) groups is 2. The number of amides is 2. The highest BCUT2D eigenvalue weighted by atomic mass is 16.5. The fraction of sp³-hybridized carbons (Fsp3) is 0.333. The summed E-state index contributed by atoms with van der Waals surface area (Å²) in [6.45, 7) is 6.59. The first-order valence-electron chi connectivity index (χ1n) is 8.87. The lowest BCUT2D eigenvalue weighted by molar-refractivity contribution is -0.118. The molecule has 0 fully saturated rings. The van der Waals surface area contributed by atoms with Crippen LogP contribution in [0.2, 0.25) is 0 Å². The molecule has 2 N–H and O–H groups in total. The molecule has 2 rings (SSSR count). The molecule has 0 aliphatic rings. The maximum atomic E-state index is 12.1. The van der Waals surface area contributed by atoms with Gasteiger partial charge in [-0.25, -0.2) is 0 Å². The van der Waals surface area contributed by atoms with Gasteiger partial charge in [0.15, 0.2) is 6.61 Å². The van der Waals surface area contributed by atoms with E-state index in [0.29, 0.717) is 23.5 Å². The third kappa shape index (κ3) is 5.92. The first-order chi connectivity index (χ1) is 12.5. The van der Waals surface area contributed by atoms with Crippen molar-refractivity contribution in [2.24, 2.45) is 0 Å². The summed E-state index contributed by atoms with van der Waals surface area (Å²) in [5, 5.41) is 5.62. The second kappa shape index (κ2) is 9.61. The minimum atomic E-state index is -0.270. The van der Waals surface area contributed by atoms with Crippen molar-refractivity contribution < 1.29 is 14.3 Å². The first kappa shape index (κ1) is 19.5. The molecule has 0 atom stereocenters. The van der Waals surface area contributed by atoms with E-state index >= 15 is 0 Å². The number of ether oxygens (including phenoxy) is 1. The Balaban J connectivity index is 1.90. The number of nitrogens with one attached hydrogen (secondary N) is 2. The summed E-state index contributed by atoms with van der Waals surface area (Å²) in [5.74, 6) is 0.282. The van der Waals surface area contributed by atoms with Crippen molar-refractivity contribution in [1.82, 2.24) is 5.32 Å². The van der Waals surface area contributed by atoms with Crippen LogP contribution in [-0.4, -0.2) is 25.0 Å². The van der Waals surface area contributed by atoms with E-state index in [1.54, 1.807) is 24.3 Å². The quantitative estimate of drug-likeness (QED) is 0.708. The number of unbranched alkanes of at least 4 members (excludes halogenated alkanes) is 1. The molecule has 26 heavy (non-hydrogen) atoms. The lowest BCUT2D eigenvalue weighted by Gasteiger charge is -2.11. The molecule has 0 radical (unpaired) electrons. The third-order valence-corrected chi connectivity index (χ3v) is 3.91. The van der Waals surface area contributed by atoms with Crippen LogP contribution >= 0.6 is 0 Å². The zero-order valence-electron chi connectivity index (χ0n) is 15.6. The van der Waals surface area contributed by atoms with Crippen molar-refractivity contribution in [3.8, 4) is 5.75 Å². The summed E-state index contributed by atoms with van der Waals surface area (Å²) in [4.78, 5) is 24.2. The Labute approximate surface area is 154 Å². The van der Waals surface area contributed by atoms with Gasteiger partial charge in [-0.1, -0.05) is 37.1 Å². The lowest BCUT2D eigenvalue weighted by atomic mass is 10.1. The third-order valence-electron chi connectivity index (χ3n) is 3.91. The summed E-state index contributed by atoms with van der Waals surface area (Å²) in [6, 6.07) is 12.7. The van der Waals surface area contributed by atoms with Crippen LogP contribution in [0, 0.1) is 13.8 Å². The van der Waals surface area contributed by atoms with E-state index in [-0.39, 0.29) is 18.4 Å². The summed E-state index contributed by atoms with van der Waals surface area (Å²) in [6.07, 6.45) is 1.97. The average Bonchev–Trinajstić information content (AvgIpc) is 2.61. The number of benzene rings is 2. The van der Waals surface area contributed by atoms with Gasteiger partial charge in [-0.2, -0.15) is 0 Å². The normalized spacial score (nSPS) is 10.3. The molecule has 2 aromatic rings. The van der Waals surface area contributed by atoms with E-state index < -0.39 is 0 Å². The molecule has 0 spiro atoms. The smallest absolute Gasteiger partial charge is 0.262 e. The molecule has 0 aliphatic heterocycles. The molecule has 2 amide bonds. The summed E-state index contributed by atoms with van der Waals surface area (Å²) in [7, 11) is 0. The largest absolute Gasteiger partial charge is 0.483 e. The van der Waals surface area contributed by atoms with Crippen LogP contribution in [0.1, 0.15) is 41.3 Å². The highest BCUT2D eigenvalue weighted by molar-refractivity contribution is 5.97. The Hall–Kier alpha value is -2.82. The molecule has 138 valence electrons. The zero-order valence-corrected chi connectivity index (χ0v) is 15.6. The Morgan fingerprint density at radius 3 is 2.62 bits per heavy atom. The molecule has 0 bridgehead atoms. The van der Waals surface area contributed by atoms with Gasteiger partial charge in [0.05, 0.1) is 0 Å². The van der Waals surface area contributed by atoms with Crippen molar-refractivity contribution in [1.29, 1.82) is 0 Å². The van der Waals surface area contributed by atoms with Gasteiger partial charge in [0.1, 0.15) is 5.75 Å². The van der Waals surface area contributed by atoms with Gasteiger partial charge in [0.2, 0.25) is 0 Å². The van der Waals surface area contributed by atoms with Crippen LogP contribution in [0.4, 0.5) is 5.69 Å². The average molecular weight is 354 g/mol. The van der Waals surface area contributed by atoms with Crippen molar-refractivity contribution in [2.75, 3.05) is 18.5 Å². The SMILES string of the molecule is CCCCNC(=O)c1cccc(NC(=O)COc2ccc(C)cc2C)c1. The summed E-state index contributed by atoms with van der Waals surface area (Å²) < 4.78 is 5.58. The van der Waals surface area contributed by atoms with Crippen molar-refractivity contribution >= 4 is 17.5 Å². The van der Waals surface area contributed by atoms with Crippen LogP contribution in [0.15, 0.2) is 42.5 Å². The Kier molecular flexibility index (Phi) is 7.21. The highest BCUT2D eigenvalue weighted by Crippen LogP contribution is 2.18. The lowest BCUT2D eigenvalue weighted by Crippen LogP contribution is -2.25. The van der Waals surface area contributed by atoms with Crippen molar-refractivity contribution in [2.45, 2.75) is 33.6 Å². The number of aryl methyl sites for hydroxylation is 2. The Bertz CT molecular complexity index is 772. The predicted molar refractivity (Wildman–Crippen MR) is 104 cm³/mol. The molecule has 5 heteroatoms. The number of carbonyl (C=O) groups excluding carboxylic acids is 2. The van der Waals surface area contributed by atoms with Crippen LogP contribution < -0.4 is 15.4 Å². The van der Waals surface area contributed by atoms with E-state index in [1.807, 2.05) is 32.0 Å². The molecule has 0 heterocycles. The van der Waals surface area contributed by atoms with Crippen LogP contribution in [0.3, 0.4) is 0 Å². The monoisotopic (exact) mass is 354 g/mol. The van der Waals surface area contributed by atoms with Gasteiger partial charge in [-0.05, 0) is 50.1 Å². The van der Waals surface area contributed by atoms with E-state index in [4.69, 9.17) is 4.74 Å². The number of rotatable bonds is 8. The van der Waals surface area contributed by atoms with Crippen LogP contribution in [-0.2, 0) is 4.79 Å². The number of hydrogen-bond donors (Lipinski definition) is 2. The molecule has 0 saturated heterocycles. The van der Waals surface area contributed by atoms with Crippen molar-refractivity contribution in [3.05, 3.63) is 59.2 Å². The second-order valence-electron chi connectivity index (χ2n) is 6.30. The molecular weight excluding hydrogens is 328 g/mol. The minimum Gasteiger partial charge on any atom is -0.483 e. The predicted octanol–water partition coefficient (Wildman–Crippen LogP) is 3.85. The van der Waals surface area contributed by atoms with Gasteiger partial charge >= 0.3 is 0 Å².